The molecule has 150 valence electrons. The number of rotatable bonds is 4. The summed E-state index contributed by atoms with van der Waals surface area (Å²) in [5, 5.41) is 0. The summed E-state index contributed by atoms with van der Waals surface area (Å²) in [6.45, 7) is 13.0. The van der Waals surface area contributed by atoms with Crippen molar-refractivity contribution in [3.63, 3.8) is 0 Å². The number of hydrogen-bond donors (Lipinski definition) is 0. The average molecular weight is 375 g/mol. The fourth-order valence-electron chi connectivity index (χ4n) is 3.44. The van der Waals surface area contributed by atoms with E-state index in [-0.39, 0.29) is 23.1 Å². The Balaban J connectivity index is 2.08. The van der Waals surface area contributed by atoms with Crippen molar-refractivity contribution in [2.24, 2.45) is 5.41 Å². The molecule has 0 aliphatic carbocycles. The van der Waals surface area contributed by atoms with Gasteiger partial charge < -0.3 is 14.5 Å². The van der Waals surface area contributed by atoms with Crippen LogP contribution in [0.15, 0.2) is 18.2 Å². The summed E-state index contributed by atoms with van der Waals surface area (Å²) in [6, 6.07) is 5.65. The molecule has 0 saturated carbocycles. The summed E-state index contributed by atoms with van der Waals surface area (Å²) >= 11 is 0. The normalized spacial score (nSPS) is 15.7. The second-order valence-corrected chi connectivity index (χ2v) is 8.88. The number of methoxy groups -OCH3 is 1. The van der Waals surface area contributed by atoms with E-state index in [0.29, 0.717) is 31.6 Å². The molecule has 0 aromatic heterocycles. The van der Waals surface area contributed by atoms with E-state index >= 15 is 0 Å². The van der Waals surface area contributed by atoms with Gasteiger partial charge in [0.15, 0.2) is 0 Å². The third-order valence-corrected chi connectivity index (χ3v) is 4.92. The first-order valence-electron chi connectivity index (χ1n) is 9.87. The fourth-order valence-corrected chi connectivity index (χ4v) is 3.44. The van der Waals surface area contributed by atoms with Crippen molar-refractivity contribution in [3.8, 4) is 5.75 Å². The number of nitrogens with zero attached hydrogens (tertiary/aromatic N) is 2. The summed E-state index contributed by atoms with van der Waals surface area (Å²) in [6.07, 6.45) is 1.35. The molecule has 0 N–H and O–H groups in total. The van der Waals surface area contributed by atoms with Gasteiger partial charge in [-0.3, -0.25) is 9.59 Å². The van der Waals surface area contributed by atoms with Crippen LogP contribution in [0.3, 0.4) is 0 Å². The number of ether oxygens (including phenoxy) is 1. The van der Waals surface area contributed by atoms with Crippen LogP contribution in [-0.4, -0.2) is 54.9 Å². The van der Waals surface area contributed by atoms with Gasteiger partial charge in [0.05, 0.1) is 7.11 Å². The number of carbonyl (C=O) groups is 2. The predicted molar refractivity (Wildman–Crippen MR) is 108 cm³/mol. The summed E-state index contributed by atoms with van der Waals surface area (Å²) in [4.78, 5) is 29.3. The minimum absolute atomic E-state index is 0.0186. The third-order valence-electron chi connectivity index (χ3n) is 4.92. The first-order chi connectivity index (χ1) is 12.6. The van der Waals surface area contributed by atoms with Gasteiger partial charge in [0.2, 0.25) is 5.91 Å². The summed E-state index contributed by atoms with van der Waals surface area (Å²) in [5.74, 6) is 1.31. The third kappa shape index (κ3) is 5.72. The lowest BCUT2D eigenvalue weighted by Gasteiger charge is -2.26. The Kier molecular flexibility index (Phi) is 6.90. The largest absolute Gasteiger partial charge is 0.496 e. The van der Waals surface area contributed by atoms with Gasteiger partial charge in [-0.1, -0.05) is 34.6 Å². The van der Waals surface area contributed by atoms with Crippen LogP contribution in [0.5, 0.6) is 5.75 Å². The van der Waals surface area contributed by atoms with Crippen LogP contribution in [0, 0.1) is 5.41 Å². The van der Waals surface area contributed by atoms with Crippen molar-refractivity contribution < 1.29 is 14.3 Å². The number of hydrogen-bond acceptors (Lipinski definition) is 3. The first-order valence-corrected chi connectivity index (χ1v) is 9.87. The molecule has 0 atom stereocenters. The van der Waals surface area contributed by atoms with Crippen LogP contribution in [0.25, 0.3) is 0 Å². The van der Waals surface area contributed by atoms with Gasteiger partial charge in [-0.15, -0.1) is 0 Å². The molecule has 5 heteroatoms. The summed E-state index contributed by atoms with van der Waals surface area (Å²) < 4.78 is 5.42. The predicted octanol–water partition coefficient (Wildman–Crippen LogP) is 3.93. The standard InChI is InChI=1S/C22H34N2O3/c1-16(2)18-14-17(8-9-19(18)27-6)21(26)24-11-7-10-23(12-13-24)20(25)15-22(3,4)5/h8-9,14,16H,7,10-13,15H2,1-6H3. The van der Waals surface area contributed by atoms with Gasteiger partial charge in [-0.25, -0.2) is 0 Å². The molecule has 0 radical (unpaired) electrons. The van der Waals surface area contributed by atoms with E-state index in [1.807, 2.05) is 28.0 Å². The molecule has 1 fully saturated rings. The Bertz CT molecular complexity index is 677. The lowest BCUT2D eigenvalue weighted by molar-refractivity contribution is -0.132. The lowest BCUT2D eigenvalue weighted by Crippen LogP contribution is -2.38. The highest BCUT2D eigenvalue weighted by Gasteiger charge is 2.26. The molecule has 0 spiro atoms. The fraction of sp³-hybridized carbons (Fsp3) is 0.636. The lowest BCUT2D eigenvalue weighted by atomic mass is 9.91. The van der Waals surface area contributed by atoms with Gasteiger partial charge in [0.1, 0.15) is 5.75 Å². The Labute approximate surface area is 163 Å². The van der Waals surface area contributed by atoms with Crippen molar-refractivity contribution in [3.05, 3.63) is 29.3 Å². The van der Waals surface area contributed by atoms with E-state index in [2.05, 4.69) is 34.6 Å². The zero-order chi connectivity index (χ0) is 20.2. The van der Waals surface area contributed by atoms with E-state index in [4.69, 9.17) is 4.74 Å². The Morgan fingerprint density at radius 1 is 1.07 bits per heavy atom. The Morgan fingerprint density at radius 3 is 2.30 bits per heavy atom. The Hall–Kier alpha value is -2.04. The average Bonchev–Trinajstić information content (AvgIpc) is 2.85. The number of benzene rings is 1. The maximum absolute atomic E-state index is 13.0. The molecular formula is C22H34N2O3. The van der Waals surface area contributed by atoms with Crippen LogP contribution >= 0.6 is 0 Å². The van der Waals surface area contributed by atoms with Crippen molar-refractivity contribution in [2.75, 3.05) is 33.3 Å². The van der Waals surface area contributed by atoms with Gasteiger partial charge in [0, 0.05) is 38.2 Å². The second-order valence-electron chi connectivity index (χ2n) is 8.88. The number of carbonyl (C=O) groups excluding carboxylic acids is 2. The highest BCUT2D eigenvalue weighted by Crippen LogP contribution is 2.28. The van der Waals surface area contributed by atoms with E-state index in [1.165, 1.54) is 0 Å². The molecule has 1 heterocycles. The zero-order valence-corrected chi connectivity index (χ0v) is 17.7. The van der Waals surface area contributed by atoms with Crippen molar-refractivity contribution >= 4 is 11.8 Å². The molecule has 1 aromatic rings. The highest BCUT2D eigenvalue weighted by molar-refractivity contribution is 5.94. The topological polar surface area (TPSA) is 49.9 Å². The monoisotopic (exact) mass is 374 g/mol. The molecule has 0 bridgehead atoms. The maximum Gasteiger partial charge on any atom is 0.253 e. The molecule has 2 amide bonds. The number of amides is 2. The zero-order valence-electron chi connectivity index (χ0n) is 17.7. The highest BCUT2D eigenvalue weighted by atomic mass is 16.5. The van der Waals surface area contributed by atoms with E-state index < -0.39 is 0 Å². The molecule has 5 nitrogen and oxygen atoms in total. The SMILES string of the molecule is COc1ccc(C(=O)N2CCCN(C(=O)CC(C)(C)C)CC2)cc1C(C)C. The van der Waals surface area contributed by atoms with Crippen LogP contribution in [0.1, 0.15) is 69.3 Å². The Morgan fingerprint density at radius 2 is 1.70 bits per heavy atom. The molecular weight excluding hydrogens is 340 g/mol. The first kappa shape index (κ1) is 21.3. The van der Waals surface area contributed by atoms with Gasteiger partial charge >= 0.3 is 0 Å². The second kappa shape index (κ2) is 8.77. The molecule has 27 heavy (non-hydrogen) atoms. The van der Waals surface area contributed by atoms with Crippen LogP contribution in [0.2, 0.25) is 0 Å². The molecule has 1 aliphatic heterocycles. The molecule has 0 unspecified atom stereocenters. The van der Waals surface area contributed by atoms with Crippen molar-refractivity contribution in [1.29, 1.82) is 0 Å². The van der Waals surface area contributed by atoms with Gasteiger partial charge in [0.25, 0.3) is 5.91 Å². The van der Waals surface area contributed by atoms with Gasteiger partial charge in [-0.05, 0) is 41.5 Å². The van der Waals surface area contributed by atoms with E-state index in [0.717, 1.165) is 24.3 Å². The van der Waals surface area contributed by atoms with Gasteiger partial charge in [-0.2, -0.15) is 0 Å². The van der Waals surface area contributed by atoms with Crippen molar-refractivity contribution in [2.45, 2.75) is 53.4 Å². The smallest absolute Gasteiger partial charge is 0.253 e. The molecule has 1 aromatic carbocycles. The summed E-state index contributed by atoms with van der Waals surface area (Å²) in [7, 11) is 1.65. The van der Waals surface area contributed by atoms with E-state index in [1.54, 1.807) is 7.11 Å². The van der Waals surface area contributed by atoms with E-state index in [9.17, 15) is 9.59 Å². The van der Waals surface area contributed by atoms with Crippen LogP contribution in [-0.2, 0) is 4.79 Å². The van der Waals surface area contributed by atoms with Crippen LogP contribution < -0.4 is 4.74 Å². The molecule has 1 saturated heterocycles. The molecule has 2 rings (SSSR count). The molecule has 1 aliphatic rings. The minimum atomic E-state index is -0.0186. The van der Waals surface area contributed by atoms with Crippen molar-refractivity contribution in [1.82, 2.24) is 9.80 Å². The maximum atomic E-state index is 13.0. The van der Waals surface area contributed by atoms with Crippen LogP contribution in [0.4, 0.5) is 0 Å². The minimum Gasteiger partial charge on any atom is -0.496 e. The summed E-state index contributed by atoms with van der Waals surface area (Å²) in [5.41, 5.74) is 1.71. The quantitative estimate of drug-likeness (QED) is 0.802.